The number of amides is 2. The molecule has 39 heavy (non-hydrogen) atoms. The van der Waals surface area contributed by atoms with Crippen molar-refractivity contribution < 1.29 is 18.7 Å². The van der Waals surface area contributed by atoms with E-state index in [1.54, 1.807) is 36.3 Å². The van der Waals surface area contributed by atoms with Crippen molar-refractivity contribution in [2.45, 2.75) is 58.7 Å². The SMILES string of the molecule is CO[C@H]1C[C@@H](c2cccc(F)c2)N(C(=O)CNC(=O)c2ccc(Cc3cc(C)n[nH]c3=O)c(C)c2)[C@H]1C(C)C. The lowest BCUT2D eigenvalue weighted by Gasteiger charge is -2.34. The summed E-state index contributed by atoms with van der Waals surface area (Å²) in [7, 11) is 1.62. The predicted octanol–water partition coefficient (Wildman–Crippen LogP) is 3.86. The van der Waals surface area contributed by atoms with Crippen LogP contribution in [-0.2, 0) is 16.0 Å². The Morgan fingerprint density at radius 3 is 2.59 bits per heavy atom. The number of nitrogens with zero attached hydrogens (tertiary/aromatic N) is 2. The van der Waals surface area contributed by atoms with Gasteiger partial charge >= 0.3 is 0 Å². The quantitative estimate of drug-likeness (QED) is 0.457. The van der Waals surface area contributed by atoms with Crippen molar-refractivity contribution in [1.82, 2.24) is 20.4 Å². The van der Waals surface area contributed by atoms with E-state index in [4.69, 9.17) is 4.74 Å². The topological polar surface area (TPSA) is 104 Å². The number of H-pyrrole nitrogens is 1. The maximum Gasteiger partial charge on any atom is 0.267 e. The van der Waals surface area contributed by atoms with Crippen LogP contribution in [0.3, 0.4) is 0 Å². The van der Waals surface area contributed by atoms with Gasteiger partial charge in [-0.25, -0.2) is 9.49 Å². The minimum Gasteiger partial charge on any atom is -0.379 e. The number of aryl methyl sites for hydroxylation is 2. The highest BCUT2D eigenvalue weighted by molar-refractivity contribution is 5.96. The Bertz CT molecular complexity index is 1420. The van der Waals surface area contributed by atoms with Crippen molar-refractivity contribution in [2.24, 2.45) is 5.92 Å². The number of ether oxygens (including phenoxy) is 1. The van der Waals surface area contributed by atoms with Crippen molar-refractivity contribution in [3.8, 4) is 0 Å². The molecule has 0 aliphatic carbocycles. The third kappa shape index (κ3) is 6.25. The molecule has 2 N–H and O–H groups in total. The van der Waals surface area contributed by atoms with Gasteiger partial charge in [0.1, 0.15) is 5.82 Å². The molecular formula is C30H35FN4O4. The first-order valence-electron chi connectivity index (χ1n) is 13.1. The van der Waals surface area contributed by atoms with E-state index < -0.39 is 0 Å². The maximum absolute atomic E-state index is 14.0. The van der Waals surface area contributed by atoms with Gasteiger partial charge in [0, 0.05) is 31.1 Å². The minimum absolute atomic E-state index is 0.0970. The second-order valence-electron chi connectivity index (χ2n) is 10.5. The molecule has 2 heterocycles. The highest BCUT2D eigenvalue weighted by Gasteiger charge is 2.45. The molecule has 4 rings (SSSR count). The molecule has 1 aliphatic rings. The van der Waals surface area contributed by atoms with E-state index in [0.29, 0.717) is 29.5 Å². The highest BCUT2D eigenvalue weighted by Crippen LogP contribution is 2.40. The number of benzene rings is 2. The fourth-order valence-electron chi connectivity index (χ4n) is 5.48. The summed E-state index contributed by atoms with van der Waals surface area (Å²) in [6.45, 7) is 7.54. The fraction of sp³-hybridized carbons (Fsp3) is 0.400. The first-order chi connectivity index (χ1) is 18.6. The molecular weight excluding hydrogens is 499 g/mol. The number of likely N-dealkylation sites (tertiary alicyclic amines) is 1. The summed E-state index contributed by atoms with van der Waals surface area (Å²) in [6.07, 6.45) is 0.756. The fourth-order valence-corrected chi connectivity index (χ4v) is 5.48. The van der Waals surface area contributed by atoms with Crippen molar-refractivity contribution in [3.05, 3.63) is 98.2 Å². The molecule has 1 aromatic heterocycles. The van der Waals surface area contributed by atoms with Crippen molar-refractivity contribution >= 4 is 11.8 Å². The first-order valence-corrected chi connectivity index (χ1v) is 13.1. The Labute approximate surface area is 227 Å². The van der Waals surface area contributed by atoms with Crippen LogP contribution in [-0.4, -0.2) is 52.7 Å². The second kappa shape index (κ2) is 11.9. The zero-order valence-corrected chi connectivity index (χ0v) is 23.0. The number of carbonyl (C=O) groups is 2. The first kappa shape index (κ1) is 28.2. The van der Waals surface area contributed by atoms with Crippen LogP contribution in [0.1, 0.15) is 64.6 Å². The number of rotatable bonds is 8. The standard InChI is InChI=1S/C30H35FN4O4/c1-17(2)28-26(39-5)15-25(21-7-6-8-24(31)14-21)35(28)27(36)16-32-29(37)22-10-9-20(18(3)11-22)13-23-12-19(4)33-34-30(23)38/h6-12,14,17,25-26,28H,13,15-16H2,1-5H3,(H,32,37)(H,34,38)/t25-,26-,28-/m0/s1. The molecule has 3 atom stereocenters. The summed E-state index contributed by atoms with van der Waals surface area (Å²) in [5, 5.41) is 9.15. The number of aromatic amines is 1. The molecule has 0 unspecified atom stereocenters. The van der Waals surface area contributed by atoms with Gasteiger partial charge in [-0.3, -0.25) is 14.4 Å². The van der Waals surface area contributed by atoms with Gasteiger partial charge in [0.25, 0.3) is 11.5 Å². The molecule has 1 aliphatic heterocycles. The third-order valence-corrected chi connectivity index (χ3v) is 7.40. The van der Waals surface area contributed by atoms with E-state index in [1.807, 2.05) is 39.8 Å². The second-order valence-corrected chi connectivity index (χ2v) is 10.5. The molecule has 8 nitrogen and oxygen atoms in total. The summed E-state index contributed by atoms with van der Waals surface area (Å²) in [6, 6.07) is 12.7. The van der Waals surface area contributed by atoms with Crippen LogP contribution in [0, 0.1) is 25.6 Å². The van der Waals surface area contributed by atoms with Gasteiger partial charge in [0.2, 0.25) is 5.91 Å². The van der Waals surface area contributed by atoms with E-state index in [-0.39, 0.29) is 53.8 Å². The van der Waals surface area contributed by atoms with Gasteiger partial charge in [-0.05, 0) is 66.8 Å². The molecule has 0 saturated carbocycles. The number of methoxy groups -OCH3 is 1. The third-order valence-electron chi connectivity index (χ3n) is 7.40. The number of carbonyl (C=O) groups excluding carboxylic acids is 2. The largest absolute Gasteiger partial charge is 0.379 e. The zero-order valence-electron chi connectivity index (χ0n) is 23.0. The van der Waals surface area contributed by atoms with Gasteiger partial charge in [0.15, 0.2) is 0 Å². The normalized spacial score (nSPS) is 18.9. The van der Waals surface area contributed by atoms with Gasteiger partial charge < -0.3 is 15.0 Å². The number of hydrogen-bond donors (Lipinski definition) is 2. The molecule has 0 spiro atoms. The Kier molecular flexibility index (Phi) is 8.60. The van der Waals surface area contributed by atoms with E-state index in [2.05, 4.69) is 15.5 Å². The molecule has 1 saturated heterocycles. The average Bonchev–Trinajstić information content (AvgIpc) is 3.30. The summed E-state index contributed by atoms with van der Waals surface area (Å²) >= 11 is 0. The van der Waals surface area contributed by atoms with Crippen LogP contribution in [0.2, 0.25) is 0 Å². The lowest BCUT2D eigenvalue weighted by molar-refractivity contribution is -0.135. The van der Waals surface area contributed by atoms with Gasteiger partial charge in [-0.1, -0.05) is 32.0 Å². The van der Waals surface area contributed by atoms with Crippen LogP contribution < -0.4 is 10.9 Å². The molecule has 2 aromatic carbocycles. The van der Waals surface area contributed by atoms with E-state index in [1.165, 1.54) is 12.1 Å². The van der Waals surface area contributed by atoms with Gasteiger partial charge in [-0.2, -0.15) is 5.10 Å². The smallest absolute Gasteiger partial charge is 0.267 e. The molecule has 3 aromatic rings. The highest BCUT2D eigenvalue weighted by atomic mass is 19.1. The number of aromatic nitrogens is 2. The van der Waals surface area contributed by atoms with Gasteiger partial charge in [0.05, 0.1) is 30.4 Å². The molecule has 0 radical (unpaired) electrons. The Balaban J connectivity index is 1.48. The molecule has 1 fully saturated rings. The van der Waals surface area contributed by atoms with E-state index in [9.17, 15) is 18.8 Å². The Morgan fingerprint density at radius 2 is 1.92 bits per heavy atom. The summed E-state index contributed by atoms with van der Waals surface area (Å²) in [4.78, 5) is 40.4. The number of halogens is 1. The minimum atomic E-state index is -0.374. The molecule has 9 heteroatoms. The van der Waals surface area contributed by atoms with Gasteiger partial charge in [-0.15, -0.1) is 0 Å². The number of nitrogens with one attached hydrogen (secondary N) is 2. The van der Waals surface area contributed by atoms with E-state index in [0.717, 1.165) is 16.8 Å². The lowest BCUT2D eigenvalue weighted by Crippen LogP contribution is -2.48. The zero-order chi connectivity index (χ0) is 28.3. The van der Waals surface area contributed by atoms with Crippen LogP contribution in [0.15, 0.2) is 53.3 Å². The molecule has 2 amide bonds. The summed E-state index contributed by atoms with van der Waals surface area (Å²) in [5.74, 6) is -0.893. The van der Waals surface area contributed by atoms with Crippen LogP contribution >= 0.6 is 0 Å². The molecule has 0 bridgehead atoms. The van der Waals surface area contributed by atoms with Crippen LogP contribution in [0.5, 0.6) is 0 Å². The van der Waals surface area contributed by atoms with E-state index >= 15 is 0 Å². The Hall–Kier alpha value is -3.85. The number of hydrogen-bond acceptors (Lipinski definition) is 5. The Morgan fingerprint density at radius 1 is 1.15 bits per heavy atom. The predicted molar refractivity (Wildman–Crippen MR) is 146 cm³/mol. The van der Waals surface area contributed by atoms with Crippen molar-refractivity contribution in [3.63, 3.8) is 0 Å². The average molecular weight is 535 g/mol. The van der Waals surface area contributed by atoms with Crippen LogP contribution in [0.4, 0.5) is 4.39 Å². The maximum atomic E-state index is 14.0. The van der Waals surface area contributed by atoms with Crippen LogP contribution in [0.25, 0.3) is 0 Å². The van der Waals surface area contributed by atoms with Crippen molar-refractivity contribution in [2.75, 3.05) is 13.7 Å². The van der Waals surface area contributed by atoms with Crippen molar-refractivity contribution in [1.29, 1.82) is 0 Å². The molecule has 206 valence electrons. The lowest BCUT2D eigenvalue weighted by atomic mass is 9.98. The summed E-state index contributed by atoms with van der Waals surface area (Å²) < 4.78 is 19.8. The summed E-state index contributed by atoms with van der Waals surface area (Å²) in [5.41, 5.74) is 3.97. The monoisotopic (exact) mass is 534 g/mol.